The molecule has 0 aliphatic heterocycles. The highest BCUT2D eigenvalue weighted by Gasteiger charge is 2.14. The van der Waals surface area contributed by atoms with E-state index >= 15 is 0 Å². The van der Waals surface area contributed by atoms with Crippen molar-refractivity contribution in [2.24, 2.45) is 5.10 Å². The SMILES string of the molecule is Cc1cc(C)c2c(n1)sc1c(=O)n(N=Cc3cccnc3)cnc12. The van der Waals surface area contributed by atoms with Gasteiger partial charge in [0.1, 0.15) is 15.9 Å². The first-order valence-electron chi connectivity index (χ1n) is 7.36. The van der Waals surface area contributed by atoms with Gasteiger partial charge >= 0.3 is 0 Å². The van der Waals surface area contributed by atoms with Crippen LogP contribution in [0.5, 0.6) is 0 Å². The molecule has 0 aromatic carbocycles. The minimum atomic E-state index is -0.194. The van der Waals surface area contributed by atoms with Crippen molar-refractivity contribution in [3.8, 4) is 0 Å². The summed E-state index contributed by atoms with van der Waals surface area (Å²) in [6, 6.07) is 5.68. The van der Waals surface area contributed by atoms with Gasteiger partial charge in [-0.3, -0.25) is 9.78 Å². The van der Waals surface area contributed by atoms with E-state index in [9.17, 15) is 4.79 Å². The third-order valence-electron chi connectivity index (χ3n) is 3.68. The second-order valence-electron chi connectivity index (χ2n) is 5.47. The van der Waals surface area contributed by atoms with E-state index in [4.69, 9.17) is 0 Å². The molecule has 6 nitrogen and oxygen atoms in total. The summed E-state index contributed by atoms with van der Waals surface area (Å²) < 4.78 is 1.81. The molecule has 4 rings (SSSR count). The van der Waals surface area contributed by atoms with E-state index in [1.165, 1.54) is 22.3 Å². The van der Waals surface area contributed by atoms with Crippen molar-refractivity contribution in [3.05, 3.63) is 64.1 Å². The third kappa shape index (κ3) is 2.39. The molecule has 0 saturated heterocycles. The van der Waals surface area contributed by atoms with E-state index in [2.05, 4.69) is 20.1 Å². The Labute approximate surface area is 141 Å². The molecule has 0 atom stereocenters. The van der Waals surface area contributed by atoms with Crippen LogP contribution in [0.15, 0.2) is 46.8 Å². The minimum Gasteiger partial charge on any atom is -0.266 e. The Bertz CT molecular complexity index is 1140. The second-order valence-corrected chi connectivity index (χ2v) is 6.46. The normalized spacial score (nSPS) is 11.8. The summed E-state index contributed by atoms with van der Waals surface area (Å²) in [6.07, 6.45) is 6.40. The smallest absolute Gasteiger partial charge is 0.266 e. The molecule has 0 amide bonds. The van der Waals surface area contributed by atoms with Gasteiger partial charge in [-0.15, -0.1) is 11.3 Å². The Morgan fingerprint density at radius 2 is 2.21 bits per heavy atom. The van der Waals surface area contributed by atoms with Gasteiger partial charge in [-0.2, -0.15) is 9.78 Å². The van der Waals surface area contributed by atoms with Crippen LogP contribution < -0.4 is 5.56 Å². The lowest BCUT2D eigenvalue weighted by molar-refractivity contribution is 0.819. The molecule has 0 aliphatic carbocycles. The Kier molecular flexibility index (Phi) is 3.42. The van der Waals surface area contributed by atoms with E-state index < -0.39 is 0 Å². The third-order valence-corrected chi connectivity index (χ3v) is 4.74. The topological polar surface area (TPSA) is 73.0 Å². The summed E-state index contributed by atoms with van der Waals surface area (Å²) in [4.78, 5) is 26.5. The van der Waals surface area contributed by atoms with Gasteiger partial charge in [-0.25, -0.2) is 9.97 Å². The van der Waals surface area contributed by atoms with Crippen molar-refractivity contribution in [3.63, 3.8) is 0 Å². The fourth-order valence-corrected chi connectivity index (χ4v) is 3.80. The van der Waals surface area contributed by atoms with Crippen LogP contribution in [0.1, 0.15) is 16.8 Å². The molecule has 4 aromatic heterocycles. The zero-order valence-electron chi connectivity index (χ0n) is 13.1. The van der Waals surface area contributed by atoms with Crippen LogP contribution in [0.2, 0.25) is 0 Å². The molecule has 0 saturated carbocycles. The Balaban J connectivity index is 1.90. The van der Waals surface area contributed by atoms with E-state index in [1.807, 2.05) is 32.0 Å². The summed E-state index contributed by atoms with van der Waals surface area (Å²) in [5, 5.41) is 5.14. The number of aryl methyl sites for hydroxylation is 2. The van der Waals surface area contributed by atoms with Crippen LogP contribution in [0.25, 0.3) is 20.4 Å². The molecule has 0 bridgehead atoms. The number of rotatable bonds is 2. The number of aromatic nitrogens is 4. The molecule has 0 aliphatic rings. The van der Waals surface area contributed by atoms with Crippen molar-refractivity contribution >= 4 is 38.0 Å². The first kappa shape index (κ1) is 14.6. The van der Waals surface area contributed by atoms with Crippen molar-refractivity contribution in [2.45, 2.75) is 13.8 Å². The summed E-state index contributed by atoms with van der Waals surface area (Å²) in [6.45, 7) is 3.96. The Hall–Kier alpha value is -2.93. The summed E-state index contributed by atoms with van der Waals surface area (Å²) in [5.41, 5.74) is 3.32. The van der Waals surface area contributed by atoms with Gasteiger partial charge in [0.25, 0.3) is 5.56 Å². The highest BCUT2D eigenvalue weighted by Crippen LogP contribution is 2.31. The second kappa shape index (κ2) is 5.61. The standard InChI is InChI=1S/C17H13N5OS/c1-10-6-11(2)21-16-13(10)14-15(24-16)17(23)22(9-19-14)20-8-12-4-3-5-18-7-12/h3-9H,1-2H3. The van der Waals surface area contributed by atoms with Crippen LogP contribution in [-0.4, -0.2) is 25.8 Å². The maximum atomic E-state index is 12.7. The Morgan fingerprint density at radius 3 is 3.00 bits per heavy atom. The van der Waals surface area contributed by atoms with E-state index in [-0.39, 0.29) is 5.56 Å². The van der Waals surface area contributed by atoms with Crippen molar-refractivity contribution in [2.75, 3.05) is 0 Å². The lowest BCUT2D eigenvalue weighted by Crippen LogP contribution is -2.15. The first-order chi connectivity index (χ1) is 11.6. The molecule has 7 heteroatoms. The van der Waals surface area contributed by atoms with Crippen molar-refractivity contribution < 1.29 is 0 Å². The quantitative estimate of drug-likeness (QED) is 0.528. The van der Waals surface area contributed by atoms with Gasteiger partial charge in [0, 0.05) is 29.0 Å². The van der Waals surface area contributed by atoms with Crippen molar-refractivity contribution in [1.82, 2.24) is 19.6 Å². The summed E-state index contributed by atoms with van der Waals surface area (Å²) in [7, 11) is 0. The largest absolute Gasteiger partial charge is 0.291 e. The molecule has 0 fully saturated rings. The molecule has 118 valence electrons. The average Bonchev–Trinajstić information content (AvgIpc) is 2.94. The highest BCUT2D eigenvalue weighted by molar-refractivity contribution is 7.25. The summed E-state index contributed by atoms with van der Waals surface area (Å²) in [5.74, 6) is 0. The monoisotopic (exact) mass is 335 g/mol. The Morgan fingerprint density at radius 1 is 1.33 bits per heavy atom. The van der Waals surface area contributed by atoms with Crippen molar-refractivity contribution in [1.29, 1.82) is 0 Å². The zero-order valence-corrected chi connectivity index (χ0v) is 13.9. The van der Waals surface area contributed by atoms with Gasteiger partial charge < -0.3 is 0 Å². The molecule has 0 N–H and O–H groups in total. The van der Waals surface area contributed by atoms with E-state index in [0.717, 1.165) is 27.0 Å². The predicted octanol–water partition coefficient (Wildman–Crippen LogP) is 2.90. The van der Waals surface area contributed by atoms with E-state index in [1.54, 1.807) is 18.6 Å². The number of hydrogen-bond acceptors (Lipinski definition) is 6. The molecule has 24 heavy (non-hydrogen) atoms. The molecular formula is C17H13N5OS. The molecule has 0 spiro atoms. The minimum absolute atomic E-state index is 0.194. The molecular weight excluding hydrogens is 322 g/mol. The average molecular weight is 335 g/mol. The van der Waals surface area contributed by atoms with Gasteiger partial charge in [0.2, 0.25) is 0 Å². The molecule has 0 unspecified atom stereocenters. The van der Waals surface area contributed by atoms with E-state index in [0.29, 0.717) is 10.2 Å². The van der Waals surface area contributed by atoms with Crippen LogP contribution in [0.4, 0.5) is 0 Å². The zero-order chi connectivity index (χ0) is 16.7. The van der Waals surface area contributed by atoms with Crippen LogP contribution >= 0.6 is 11.3 Å². The number of fused-ring (bicyclic) bond motifs is 3. The van der Waals surface area contributed by atoms with Crippen LogP contribution in [0.3, 0.4) is 0 Å². The number of hydrogen-bond donors (Lipinski definition) is 0. The van der Waals surface area contributed by atoms with Gasteiger partial charge in [0.15, 0.2) is 0 Å². The number of nitrogens with zero attached hydrogens (tertiary/aromatic N) is 5. The lowest BCUT2D eigenvalue weighted by Gasteiger charge is -1.99. The van der Waals surface area contributed by atoms with Crippen LogP contribution in [0, 0.1) is 13.8 Å². The first-order valence-corrected chi connectivity index (χ1v) is 8.17. The van der Waals surface area contributed by atoms with Gasteiger partial charge in [0.05, 0.1) is 11.7 Å². The van der Waals surface area contributed by atoms with Gasteiger partial charge in [-0.1, -0.05) is 6.07 Å². The number of pyridine rings is 2. The lowest BCUT2D eigenvalue weighted by atomic mass is 10.1. The predicted molar refractivity (Wildman–Crippen MR) is 95.9 cm³/mol. The van der Waals surface area contributed by atoms with Gasteiger partial charge in [-0.05, 0) is 31.5 Å². The molecule has 4 aromatic rings. The number of thiophene rings is 1. The highest BCUT2D eigenvalue weighted by atomic mass is 32.1. The maximum Gasteiger partial charge on any atom is 0.291 e. The van der Waals surface area contributed by atoms with Crippen LogP contribution in [-0.2, 0) is 0 Å². The fourth-order valence-electron chi connectivity index (χ4n) is 2.62. The summed E-state index contributed by atoms with van der Waals surface area (Å²) >= 11 is 1.36. The maximum absolute atomic E-state index is 12.7. The molecule has 0 radical (unpaired) electrons. The fraction of sp³-hybridized carbons (Fsp3) is 0.118. The molecule has 4 heterocycles.